The van der Waals surface area contributed by atoms with E-state index in [2.05, 4.69) is 299 Å². The van der Waals surface area contributed by atoms with Gasteiger partial charge in [-0.3, -0.25) is 0 Å². The second-order valence-corrected chi connectivity index (χ2v) is 26.3. The molecule has 4 heterocycles. The van der Waals surface area contributed by atoms with Crippen LogP contribution in [0.1, 0.15) is 74.9 Å². The topological polar surface area (TPSA) is 19.1 Å². The summed E-state index contributed by atoms with van der Waals surface area (Å²) >= 11 is 0. The molecule has 0 atom stereocenters. The van der Waals surface area contributed by atoms with Crippen LogP contribution in [-0.2, 0) is 16.2 Å². The lowest BCUT2D eigenvalue weighted by molar-refractivity contribution is 0.476. The van der Waals surface area contributed by atoms with Crippen molar-refractivity contribution in [1.29, 1.82) is 0 Å². The summed E-state index contributed by atoms with van der Waals surface area (Å²) in [5.41, 5.74) is 29.9. The van der Waals surface area contributed by atoms with E-state index in [0.717, 1.165) is 28.4 Å². The zero-order chi connectivity index (χ0) is 56.8. The van der Waals surface area contributed by atoms with Crippen LogP contribution in [0.2, 0.25) is 0 Å². The van der Waals surface area contributed by atoms with Gasteiger partial charge in [-0.15, -0.1) is 0 Å². The average Bonchev–Trinajstić information content (AvgIpc) is 1.61. The third-order valence-electron chi connectivity index (χ3n) is 19.6. The highest BCUT2D eigenvalue weighted by atomic mass is 16.5. The highest BCUT2D eigenvalue weighted by Crippen LogP contribution is 2.65. The summed E-state index contributed by atoms with van der Waals surface area (Å²) in [4.78, 5) is 0. The Bertz CT molecular complexity index is 5140. The smallest absolute Gasteiger partial charge is 0.256 e. The molecule has 18 rings (SSSR count). The summed E-state index contributed by atoms with van der Waals surface area (Å²) < 4.78 is 13.3. The van der Waals surface area contributed by atoms with E-state index >= 15 is 0 Å². The van der Waals surface area contributed by atoms with Gasteiger partial charge in [-0.2, -0.15) is 0 Å². The van der Waals surface area contributed by atoms with Crippen molar-refractivity contribution < 1.29 is 4.74 Å². The van der Waals surface area contributed by atoms with Crippen LogP contribution >= 0.6 is 0 Å². The van der Waals surface area contributed by atoms with E-state index in [9.17, 15) is 0 Å². The van der Waals surface area contributed by atoms with Gasteiger partial charge in [0.15, 0.2) is 0 Å². The molecule has 2 aliphatic carbocycles. The summed E-state index contributed by atoms with van der Waals surface area (Å²) in [5, 5.41) is 4.93. The predicted molar refractivity (Wildman–Crippen MR) is 356 cm³/mol. The van der Waals surface area contributed by atoms with Crippen molar-refractivity contribution in [3.05, 3.63) is 282 Å². The number of ether oxygens (including phenoxy) is 1. The molecule has 14 aromatic rings. The van der Waals surface area contributed by atoms with Crippen molar-refractivity contribution in [1.82, 2.24) is 9.13 Å². The molecule has 12 aromatic carbocycles. The second kappa shape index (κ2) is 17.1. The number of aromatic nitrogens is 2. The zero-order valence-corrected chi connectivity index (χ0v) is 48.6. The molecule has 402 valence electrons. The molecule has 0 fully saturated rings. The molecular weight excluding hydrogens is 1030 g/mol. The molecule has 0 bridgehead atoms. The van der Waals surface area contributed by atoms with E-state index in [1.807, 2.05) is 0 Å². The fraction of sp³-hybridized carbons (Fsp3) is 0.111. The standard InChI is InChI=1S/C81H59BN2O/c1-79(2,3)53-41-51(42-54(46-53)80(4,5)6)52-44-71-75-72(45-52)85-78-66(40-39-60-58-29-15-20-34-65(58)81(74(60)78)63-32-18-13-27-56(63)57-28-14-19-33-64(57)81)82(75)67-47-62-59-30-16-21-35-68(59)83(76(62)73-61-31-17-22-36-69(61)84(71)77(67)73)70-43-50(48-23-9-7-10-24-48)37-38-55(70)49-25-11-8-12-26-49/h7-47H,1-6H3. The van der Waals surface area contributed by atoms with E-state index in [-0.39, 0.29) is 17.5 Å². The van der Waals surface area contributed by atoms with Gasteiger partial charge in [-0.05, 0) is 135 Å². The highest BCUT2D eigenvalue weighted by Gasteiger charge is 2.55. The van der Waals surface area contributed by atoms with Gasteiger partial charge in [0.1, 0.15) is 11.5 Å². The summed E-state index contributed by atoms with van der Waals surface area (Å²) in [6, 6.07) is 94.3. The van der Waals surface area contributed by atoms with Crippen LogP contribution in [0.4, 0.5) is 0 Å². The van der Waals surface area contributed by atoms with Gasteiger partial charge in [0.25, 0.3) is 6.71 Å². The van der Waals surface area contributed by atoms with Gasteiger partial charge in [-0.25, -0.2) is 0 Å². The second-order valence-electron chi connectivity index (χ2n) is 26.3. The molecule has 4 heteroatoms. The van der Waals surface area contributed by atoms with Crippen LogP contribution in [0.3, 0.4) is 0 Å². The molecule has 0 N–H and O–H groups in total. The molecule has 2 aliphatic heterocycles. The van der Waals surface area contributed by atoms with Crippen LogP contribution < -0.4 is 21.1 Å². The van der Waals surface area contributed by atoms with E-state index in [1.165, 1.54) is 143 Å². The SMILES string of the molecule is CC(C)(C)c1cc(-c2cc3c4c(c2)-n2c5ccccc5c5c2c(cc2c6ccccc6n(-c6cc(-c7ccccc7)ccc6-c6ccccc6)c25)B4c2ccc4c(c2O3)C2(c3ccccc3-c3ccccc32)c2ccccc2-4)cc(C(C)(C)C)c1. The summed E-state index contributed by atoms with van der Waals surface area (Å²) in [5.74, 6) is 1.87. The van der Waals surface area contributed by atoms with Crippen LogP contribution in [0.5, 0.6) is 11.5 Å². The fourth-order valence-electron chi connectivity index (χ4n) is 15.8. The summed E-state index contributed by atoms with van der Waals surface area (Å²) in [6.07, 6.45) is 0. The largest absolute Gasteiger partial charge is 0.458 e. The quantitative estimate of drug-likeness (QED) is 0.161. The summed E-state index contributed by atoms with van der Waals surface area (Å²) in [6.45, 7) is 13.9. The minimum absolute atomic E-state index is 0.0800. The van der Waals surface area contributed by atoms with Crippen LogP contribution in [0.15, 0.2) is 249 Å². The van der Waals surface area contributed by atoms with Gasteiger partial charge < -0.3 is 13.9 Å². The van der Waals surface area contributed by atoms with Crippen molar-refractivity contribution in [2.24, 2.45) is 0 Å². The van der Waals surface area contributed by atoms with Crippen molar-refractivity contribution in [2.75, 3.05) is 0 Å². The molecule has 0 saturated heterocycles. The van der Waals surface area contributed by atoms with Gasteiger partial charge in [-0.1, -0.05) is 260 Å². The fourth-order valence-corrected chi connectivity index (χ4v) is 15.8. The maximum Gasteiger partial charge on any atom is 0.256 e. The van der Waals surface area contributed by atoms with E-state index in [4.69, 9.17) is 4.74 Å². The van der Waals surface area contributed by atoms with Crippen molar-refractivity contribution in [2.45, 2.75) is 57.8 Å². The first-order chi connectivity index (χ1) is 41.4. The van der Waals surface area contributed by atoms with Crippen LogP contribution in [0.25, 0.3) is 111 Å². The van der Waals surface area contributed by atoms with Gasteiger partial charge in [0.2, 0.25) is 0 Å². The first-order valence-electron chi connectivity index (χ1n) is 30.2. The Balaban J connectivity index is 1.01. The number of para-hydroxylation sites is 2. The monoisotopic (exact) mass is 1090 g/mol. The molecule has 0 radical (unpaired) electrons. The number of hydrogen-bond donors (Lipinski definition) is 0. The maximum absolute atomic E-state index is 8.08. The molecule has 1 spiro atoms. The molecule has 0 unspecified atom stereocenters. The van der Waals surface area contributed by atoms with E-state index in [0.29, 0.717) is 0 Å². The Morgan fingerprint density at radius 3 is 1.53 bits per heavy atom. The van der Waals surface area contributed by atoms with E-state index < -0.39 is 5.41 Å². The van der Waals surface area contributed by atoms with Gasteiger partial charge in [0.05, 0.1) is 33.2 Å². The zero-order valence-electron chi connectivity index (χ0n) is 48.6. The van der Waals surface area contributed by atoms with E-state index in [1.54, 1.807) is 0 Å². The first-order valence-corrected chi connectivity index (χ1v) is 30.2. The Kier molecular flexibility index (Phi) is 9.79. The lowest BCUT2D eigenvalue weighted by Crippen LogP contribution is -2.58. The van der Waals surface area contributed by atoms with Crippen molar-refractivity contribution in [3.8, 4) is 78.5 Å². The Morgan fingerprint density at radius 1 is 0.365 bits per heavy atom. The Hall–Kier alpha value is -9.90. The van der Waals surface area contributed by atoms with Gasteiger partial charge >= 0.3 is 0 Å². The van der Waals surface area contributed by atoms with Crippen LogP contribution in [0, 0.1) is 0 Å². The van der Waals surface area contributed by atoms with Crippen LogP contribution in [-0.4, -0.2) is 15.8 Å². The Morgan fingerprint density at radius 2 is 0.882 bits per heavy atom. The van der Waals surface area contributed by atoms with Gasteiger partial charge in [0, 0.05) is 38.4 Å². The number of fused-ring (bicyclic) bond motifs is 22. The normalized spacial score (nSPS) is 13.9. The number of benzene rings is 12. The third-order valence-corrected chi connectivity index (χ3v) is 19.6. The minimum atomic E-state index is -0.619. The Labute approximate surface area is 496 Å². The minimum Gasteiger partial charge on any atom is -0.458 e. The number of nitrogens with zero attached hydrogens (tertiary/aromatic N) is 2. The molecular formula is C81H59BN2O. The molecule has 0 amide bonds. The predicted octanol–water partition coefficient (Wildman–Crippen LogP) is 18.8. The number of rotatable bonds is 4. The summed E-state index contributed by atoms with van der Waals surface area (Å²) in [7, 11) is 0. The average molecular weight is 1090 g/mol. The first kappa shape index (κ1) is 48.6. The molecule has 85 heavy (non-hydrogen) atoms. The molecule has 0 saturated carbocycles. The molecule has 4 aliphatic rings. The van der Waals surface area contributed by atoms with Crippen molar-refractivity contribution in [3.63, 3.8) is 0 Å². The highest BCUT2D eigenvalue weighted by molar-refractivity contribution is 6.99. The molecule has 2 aromatic heterocycles. The maximum atomic E-state index is 8.08. The lowest BCUT2D eigenvalue weighted by Gasteiger charge is -2.38. The lowest BCUT2D eigenvalue weighted by atomic mass is 9.34. The third kappa shape index (κ3) is 6.52. The van der Waals surface area contributed by atoms with Crippen molar-refractivity contribution >= 4 is 66.7 Å². The molecule has 3 nitrogen and oxygen atoms in total. The number of hydrogen-bond acceptors (Lipinski definition) is 1.